The van der Waals surface area contributed by atoms with E-state index in [1.807, 2.05) is 6.07 Å². The third kappa shape index (κ3) is 2.92. The monoisotopic (exact) mass is 294 g/mol. The molecule has 0 aromatic heterocycles. The van der Waals surface area contributed by atoms with Crippen molar-refractivity contribution >= 4 is 38.9 Å². The second-order valence-corrected chi connectivity index (χ2v) is 6.24. The quantitative estimate of drug-likeness (QED) is 0.589. The minimum absolute atomic E-state index is 0.920. The fraction of sp³-hybridized carbons (Fsp3) is 0.0556. The van der Waals surface area contributed by atoms with Crippen molar-refractivity contribution in [2.45, 2.75) is 5.75 Å². The Bertz CT molecular complexity index is 727. The molecule has 2 heteroatoms. The van der Waals surface area contributed by atoms with Crippen LogP contribution in [0.5, 0.6) is 0 Å². The molecule has 20 heavy (non-hydrogen) atoms. The first kappa shape index (κ1) is 13.3. The van der Waals surface area contributed by atoms with E-state index in [0.717, 1.165) is 9.95 Å². The van der Waals surface area contributed by atoms with Gasteiger partial charge >= 0.3 is 0 Å². The summed E-state index contributed by atoms with van der Waals surface area (Å²) in [6.45, 7) is 0. The molecule has 0 atom stereocenters. The van der Waals surface area contributed by atoms with Crippen molar-refractivity contribution in [2.24, 2.45) is 0 Å². The molecule has 3 aromatic carbocycles. The highest BCUT2D eigenvalue weighted by Crippen LogP contribution is 2.25. The van der Waals surface area contributed by atoms with Gasteiger partial charge in [-0.25, -0.2) is 0 Å². The van der Waals surface area contributed by atoms with E-state index in [1.165, 1.54) is 21.9 Å². The number of hydrogen-bond donors (Lipinski definition) is 0. The second-order valence-electron chi connectivity index (χ2n) is 4.59. The number of rotatable bonds is 3. The van der Waals surface area contributed by atoms with Gasteiger partial charge in [-0.1, -0.05) is 85.0 Å². The summed E-state index contributed by atoms with van der Waals surface area (Å²) in [5.41, 5.74) is 2.47. The van der Waals surface area contributed by atoms with Crippen LogP contribution < -0.4 is 0 Å². The lowest BCUT2D eigenvalue weighted by molar-refractivity contribution is 1.43. The predicted octanol–water partition coefficient (Wildman–Crippen LogP) is 5.45. The zero-order valence-electron chi connectivity index (χ0n) is 11.0. The van der Waals surface area contributed by atoms with Crippen molar-refractivity contribution in [3.63, 3.8) is 0 Å². The summed E-state index contributed by atoms with van der Waals surface area (Å²) >= 11 is 7.34. The van der Waals surface area contributed by atoms with Gasteiger partial charge < -0.3 is 0 Å². The average Bonchev–Trinajstić information content (AvgIpc) is 2.53. The van der Waals surface area contributed by atoms with Crippen LogP contribution >= 0.6 is 24.0 Å². The molecule has 0 bridgehead atoms. The molecule has 3 aromatic rings. The third-order valence-corrected chi connectivity index (χ3v) is 4.76. The van der Waals surface area contributed by atoms with Crippen LogP contribution in [-0.4, -0.2) is 4.20 Å². The fourth-order valence-electron chi connectivity index (χ4n) is 2.20. The topological polar surface area (TPSA) is 0 Å². The second kappa shape index (κ2) is 6.21. The summed E-state index contributed by atoms with van der Waals surface area (Å²) in [7, 11) is 0. The zero-order chi connectivity index (χ0) is 13.8. The van der Waals surface area contributed by atoms with Crippen molar-refractivity contribution in [1.82, 2.24) is 0 Å². The molecule has 0 saturated carbocycles. The summed E-state index contributed by atoms with van der Waals surface area (Å²) in [5.74, 6) is 0.920. The van der Waals surface area contributed by atoms with Crippen molar-refractivity contribution in [3.05, 3.63) is 83.9 Å². The Morgan fingerprint density at radius 3 is 2.35 bits per heavy atom. The van der Waals surface area contributed by atoms with Gasteiger partial charge in [0.05, 0.1) is 4.20 Å². The van der Waals surface area contributed by atoms with E-state index in [4.69, 9.17) is 12.2 Å². The highest BCUT2D eigenvalue weighted by atomic mass is 32.2. The van der Waals surface area contributed by atoms with Gasteiger partial charge in [-0.3, -0.25) is 0 Å². The lowest BCUT2D eigenvalue weighted by Crippen LogP contribution is -1.94. The zero-order valence-corrected chi connectivity index (χ0v) is 12.6. The minimum Gasteiger partial charge on any atom is -0.109 e. The van der Waals surface area contributed by atoms with Gasteiger partial charge in [0.25, 0.3) is 0 Å². The number of benzene rings is 3. The third-order valence-electron chi connectivity index (χ3n) is 3.22. The van der Waals surface area contributed by atoms with Crippen LogP contribution in [0, 0.1) is 0 Å². The standard InChI is InChI=1S/C18H14S2/c19-18(20-13-14-7-2-1-3-8-14)17-12-6-10-15-9-4-5-11-16(15)17/h1-12H,13H2. The van der Waals surface area contributed by atoms with Crippen molar-refractivity contribution in [1.29, 1.82) is 0 Å². The average molecular weight is 294 g/mol. The Labute approximate surface area is 128 Å². The van der Waals surface area contributed by atoms with E-state index in [0.29, 0.717) is 0 Å². The smallest absolute Gasteiger partial charge is 0.0787 e. The predicted molar refractivity (Wildman–Crippen MR) is 93.4 cm³/mol. The molecule has 0 N–H and O–H groups in total. The largest absolute Gasteiger partial charge is 0.109 e. The summed E-state index contributed by atoms with van der Waals surface area (Å²) in [5, 5.41) is 2.48. The summed E-state index contributed by atoms with van der Waals surface area (Å²) in [4.78, 5) is 0. The first-order valence-electron chi connectivity index (χ1n) is 6.53. The summed E-state index contributed by atoms with van der Waals surface area (Å²) in [6.07, 6.45) is 0. The number of hydrogen-bond acceptors (Lipinski definition) is 2. The lowest BCUT2D eigenvalue weighted by Gasteiger charge is -2.08. The Kier molecular flexibility index (Phi) is 4.14. The van der Waals surface area contributed by atoms with Crippen molar-refractivity contribution in [3.8, 4) is 0 Å². The van der Waals surface area contributed by atoms with E-state index in [-0.39, 0.29) is 0 Å². The van der Waals surface area contributed by atoms with Crippen LogP contribution in [0.15, 0.2) is 72.8 Å². The Hall–Kier alpha value is -1.64. The summed E-state index contributed by atoms with van der Waals surface area (Å²) < 4.78 is 0.964. The normalized spacial score (nSPS) is 10.6. The van der Waals surface area contributed by atoms with Crippen LogP contribution in [-0.2, 0) is 5.75 Å². The molecule has 0 aliphatic rings. The van der Waals surface area contributed by atoms with Crippen LogP contribution in [0.2, 0.25) is 0 Å². The Balaban J connectivity index is 1.82. The van der Waals surface area contributed by atoms with Crippen LogP contribution in [0.25, 0.3) is 10.8 Å². The Morgan fingerprint density at radius 1 is 0.800 bits per heavy atom. The maximum Gasteiger partial charge on any atom is 0.0787 e. The van der Waals surface area contributed by atoms with Crippen molar-refractivity contribution < 1.29 is 0 Å². The molecule has 98 valence electrons. The van der Waals surface area contributed by atoms with Gasteiger partial charge in [-0.15, -0.1) is 11.8 Å². The molecule has 0 nitrogen and oxygen atoms in total. The molecule has 0 saturated heterocycles. The molecule has 0 aliphatic heterocycles. The molecule has 0 spiro atoms. The maximum absolute atomic E-state index is 5.61. The van der Waals surface area contributed by atoms with Gasteiger partial charge in [0.15, 0.2) is 0 Å². The molecule has 0 aliphatic carbocycles. The molecule has 0 amide bonds. The van der Waals surface area contributed by atoms with E-state index >= 15 is 0 Å². The highest BCUT2D eigenvalue weighted by Gasteiger charge is 2.06. The summed E-state index contributed by atoms with van der Waals surface area (Å²) in [6, 6.07) is 25.2. The minimum atomic E-state index is 0.920. The van der Waals surface area contributed by atoms with Gasteiger partial charge in [0.1, 0.15) is 0 Å². The lowest BCUT2D eigenvalue weighted by atomic mass is 10.1. The highest BCUT2D eigenvalue weighted by molar-refractivity contribution is 8.23. The molecule has 0 heterocycles. The molecule has 0 unspecified atom stereocenters. The van der Waals surface area contributed by atoms with Gasteiger partial charge in [0.2, 0.25) is 0 Å². The molecule has 3 rings (SSSR count). The molecule has 0 radical (unpaired) electrons. The van der Waals surface area contributed by atoms with Crippen LogP contribution in [0.3, 0.4) is 0 Å². The maximum atomic E-state index is 5.61. The van der Waals surface area contributed by atoms with E-state index in [2.05, 4.69) is 66.7 Å². The Morgan fingerprint density at radius 2 is 1.50 bits per heavy atom. The van der Waals surface area contributed by atoms with E-state index in [9.17, 15) is 0 Å². The number of fused-ring (bicyclic) bond motifs is 1. The number of thiocarbonyl (C=S) groups is 1. The SMILES string of the molecule is S=C(SCc1ccccc1)c1cccc2ccccc12. The molecular formula is C18H14S2. The molecular weight excluding hydrogens is 280 g/mol. The number of thioether (sulfide) groups is 1. The van der Waals surface area contributed by atoms with Gasteiger partial charge in [0, 0.05) is 11.3 Å². The van der Waals surface area contributed by atoms with Crippen LogP contribution in [0.1, 0.15) is 11.1 Å². The first-order valence-corrected chi connectivity index (χ1v) is 7.93. The van der Waals surface area contributed by atoms with Crippen molar-refractivity contribution in [2.75, 3.05) is 0 Å². The first-order chi connectivity index (χ1) is 9.84. The van der Waals surface area contributed by atoms with Gasteiger partial charge in [-0.2, -0.15) is 0 Å². The van der Waals surface area contributed by atoms with Crippen LogP contribution in [0.4, 0.5) is 0 Å². The fourth-order valence-corrected chi connectivity index (χ4v) is 3.38. The van der Waals surface area contributed by atoms with E-state index < -0.39 is 0 Å². The molecule has 0 fully saturated rings. The van der Waals surface area contributed by atoms with Gasteiger partial charge in [-0.05, 0) is 16.3 Å². The van der Waals surface area contributed by atoms with E-state index in [1.54, 1.807) is 11.8 Å².